The molecule has 25 heavy (non-hydrogen) atoms. The molecule has 0 unspecified atom stereocenters. The smallest absolute Gasteiger partial charge is 0.271 e. The van der Waals surface area contributed by atoms with Crippen LogP contribution in [0.5, 0.6) is 0 Å². The third-order valence-corrected chi connectivity index (χ3v) is 3.95. The summed E-state index contributed by atoms with van der Waals surface area (Å²) >= 11 is 16.7. The van der Waals surface area contributed by atoms with E-state index in [4.69, 9.17) is 35.4 Å². The van der Waals surface area contributed by atoms with Crippen LogP contribution in [-0.4, -0.2) is 16.9 Å². The van der Waals surface area contributed by atoms with E-state index in [1.54, 1.807) is 6.07 Å². The Morgan fingerprint density at radius 3 is 2.40 bits per heavy atom. The van der Waals surface area contributed by atoms with Gasteiger partial charge < -0.3 is 5.32 Å². The molecule has 0 fully saturated rings. The maximum absolute atomic E-state index is 12.0. The van der Waals surface area contributed by atoms with E-state index in [1.165, 1.54) is 12.1 Å². The summed E-state index contributed by atoms with van der Waals surface area (Å²) in [6.07, 6.45) is 0.880. The second-order valence-corrected chi connectivity index (χ2v) is 6.32. The number of carbonyl (C=O) groups excluding carboxylic acids is 2. The molecule has 0 heterocycles. The quantitative estimate of drug-likeness (QED) is 0.548. The van der Waals surface area contributed by atoms with Crippen LogP contribution >= 0.6 is 35.4 Å². The van der Waals surface area contributed by atoms with E-state index in [2.05, 4.69) is 16.2 Å². The lowest BCUT2D eigenvalue weighted by Crippen LogP contribution is -2.48. The molecule has 0 saturated carbocycles. The summed E-state index contributed by atoms with van der Waals surface area (Å²) in [4.78, 5) is 23.9. The van der Waals surface area contributed by atoms with Gasteiger partial charge in [0.25, 0.3) is 5.91 Å². The van der Waals surface area contributed by atoms with Crippen LogP contribution in [-0.2, 0) is 11.2 Å². The summed E-state index contributed by atoms with van der Waals surface area (Å²) in [6.45, 7) is 0. The molecule has 0 aromatic heterocycles. The molecule has 8 heteroatoms. The lowest BCUT2D eigenvalue weighted by molar-refractivity contribution is -0.119. The Balaban J connectivity index is 1.76. The third-order valence-electron chi connectivity index (χ3n) is 3.20. The van der Waals surface area contributed by atoms with E-state index >= 15 is 0 Å². The number of hydrogen-bond acceptors (Lipinski definition) is 3. The summed E-state index contributed by atoms with van der Waals surface area (Å²) < 4.78 is 0. The average Bonchev–Trinajstić information content (AvgIpc) is 2.59. The number of aryl methyl sites for hydroxylation is 1. The van der Waals surface area contributed by atoms with Gasteiger partial charge in [0, 0.05) is 11.4 Å². The first-order valence-corrected chi connectivity index (χ1v) is 8.51. The molecule has 5 nitrogen and oxygen atoms in total. The second kappa shape index (κ2) is 9.36. The van der Waals surface area contributed by atoms with Gasteiger partial charge in [-0.25, -0.2) is 0 Å². The molecule has 2 rings (SSSR count). The number of nitrogens with one attached hydrogen (secondary N) is 3. The highest BCUT2D eigenvalue weighted by atomic mass is 35.5. The topological polar surface area (TPSA) is 70.2 Å². The number of halogens is 2. The van der Waals surface area contributed by atoms with E-state index in [-0.39, 0.29) is 28.0 Å². The summed E-state index contributed by atoms with van der Waals surface area (Å²) in [5, 5.41) is 3.13. The Labute approximate surface area is 160 Å². The maximum Gasteiger partial charge on any atom is 0.271 e. The highest BCUT2D eigenvalue weighted by molar-refractivity contribution is 7.80. The van der Waals surface area contributed by atoms with Gasteiger partial charge in [0.15, 0.2) is 5.11 Å². The highest BCUT2D eigenvalue weighted by Gasteiger charge is 2.11. The number of hydrogen-bond donors (Lipinski definition) is 3. The first kappa shape index (κ1) is 19.2. The van der Waals surface area contributed by atoms with Crippen molar-refractivity contribution in [3.05, 3.63) is 69.7 Å². The predicted octanol–water partition coefficient (Wildman–Crippen LogP) is 3.26. The Morgan fingerprint density at radius 2 is 1.72 bits per heavy atom. The summed E-state index contributed by atoms with van der Waals surface area (Å²) in [6, 6.07) is 14.1. The molecule has 130 valence electrons. The fourth-order valence-electron chi connectivity index (χ4n) is 1.98. The minimum absolute atomic E-state index is 0.00324. The molecular weight excluding hydrogens is 381 g/mol. The molecule has 3 N–H and O–H groups in total. The molecule has 0 atom stereocenters. The van der Waals surface area contributed by atoms with Crippen LogP contribution in [0.1, 0.15) is 22.3 Å². The van der Waals surface area contributed by atoms with Gasteiger partial charge >= 0.3 is 0 Å². The van der Waals surface area contributed by atoms with Gasteiger partial charge in [-0.1, -0.05) is 53.5 Å². The number of hydrazine groups is 1. The van der Waals surface area contributed by atoms with Crippen LogP contribution in [0.4, 0.5) is 0 Å². The molecule has 0 spiro atoms. The van der Waals surface area contributed by atoms with E-state index in [0.717, 1.165) is 5.56 Å². The van der Waals surface area contributed by atoms with Crippen molar-refractivity contribution in [2.24, 2.45) is 0 Å². The molecule has 0 radical (unpaired) electrons. The number of carbonyl (C=O) groups is 2. The Morgan fingerprint density at radius 1 is 1.00 bits per heavy atom. The lowest BCUT2D eigenvalue weighted by Gasteiger charge is -2.11. The molecule has 2 aromatic carbocycles. The van der Waals surface area contributed by atoms with Crippen molar-refractivity contribution in [3.8, 4) is 0 Å². The Kier molecular flexibility index (Phi) is 7.18. The van der Waals surface area contributed by atoms with Crippen LogP contribution in [0, 0.1) is 0 Å². The normalized spacial score (nSPS) is 10.0. The first-order chi connectivity index (χ1) is 12.0. The molecule has 0 bridgehead atoms. The zero-order valence-corrected chi connectivity index (χ0v) is 15.3. The number of amides is 2. The van der Waals surface area contributed by atoms with Crippen molar-refractivity contribution >= 4 is 52.3 Å². The van der Waals surface area contributed by atoms with Crippen molar-refractivity contribution in [3.63, 3.8) is 0 Å². The first-order valence-electron chi connectivity index (χ1n) is 7.35. The molecular formula is C17H15Cl2N3O2S. The molecule has 0 aliphatic carbocycles. The van der Waals surface area contributed by atoms with Gasteiger partial charge in [-0.2, -0.15) is 0 Å². The van der Waals surface area contributed by atoms with Gasteiger partial charge in [0.2, 0.25) is 5.91 Å². The van der Waals surface area contributed by atoms with Crippen LogP contribution < -0.4 is 16.2 Å². The van der Waals surface area contributed by atoms with Crippen molar-refractivity contribution < 1.29 is 9.59 Å². The summed E-state index contributed by atoms with van der Waals surface area (Å²) in [5.74, 6) is -0.748. The van der Waals surface area contributed by atoms with Gasteiger partial charge in [-0.15, -0.1) is 0 Å². The fraction of sp³-hybridized carbons (Fsp3) is 0.118. The maximum atomic E-state index is 12.0. The molecule has 2 amide bonds. The van der Waals surface area contributed by atoms with Crippen LogP contribution in [0.2, 0.25) is 10.0 Å². The van der Waals surface area contributed by atoms with Crippen molar-refractivity contribution in [2.75, 3.05) is 0 Å². The van der Waals surface area contributed by atoms with Crippen molar-refractivity contribution in [1.29, 1.82) is 0 Å². The van der Waals surface area contributed by atoms with Crippen molar-refractivity contribution in [1.82, 2.24) is 16.2 Å². The molecule has 0 aliphatic heterocycles. The molecule has 0 aliphatic rings. The zero-order chi connectivity index (χ0) is 18.2. The highest BCUT2D eigenvalue weighted by Crippen LogP contribution is 2.20. The van der Waals surface area contributed by atoms with Gasteiger partial charge in [-0.3, -0.25) is 20.4 Å². The average molecular weight is 396 g/mol. The SMILES string of the molecule is O=C(CCc1ccccc1)NC(=S)NNC(=O)c1ccc(Cl)cc1Cl. The number of benzene rings is 2. The third kappa shape index (κ3) is 6.34. The number of rotatable bonds is 4. The molecule has 0 saturated heterocycles. The molecule has 2 aromatic rings. The van der Waals surface area contributed by atoms with Gasteiger partial charge in [0.1, 0.15) is 0 Å². The fourth-order valence-corrected chi connectivity index (χ4v) is 2.64. The van der Waals surface area contributed by atoms with Crippen LogP contribution in [0.3, 0.4) is 0 Å². The summed E-state index contributed by atoms with van der Waals surface area (Å²) in [7, 11) is 0. The van der Waals surface area contributed by atoms with Crippen molar-refractivity contribution in [2.45, 2.75) is 12.8 Å². The Bertz CT molecular complexity index is 785. The van der Waals surface area contributed by atoms with Gasteiger partial charge in [0.05, 0.1) is 10.6 Å². The lowest BCUT2D eigenvalue weighted by atomic mass is 10.1. The van der Waals surface area contributed by atoms with E-state index < -0.39 is 5.91 Å². The van der Waals surface area contributed by atoms with E-state index in [1.807, 2.05) is 30.3 Å². The van der Waals surface area contributed by atoms with E-state index in [9.17, 15) is 9.59 Å². The minimum atomic E-state index is -0.498. The summed E-state index contributed by atoms with van der Waals surface area (Å²) in [5.41, 5.74) is 6.12. The van der Waals surface area contributed by atoms with Crippen LogP contribution in [0.25, 0.3) is 0 Å². The van der Waals surface area contributed by atoms with E-state index in [0.29, 0.717) is 11.4 Å². The Hall–Kier alpha value is -2.15. The second-order valence-electron chi connectivity index (χ2n) is 5.07. The predicted molar refractivity (Wildman–Crippen MR) is 103 cm³/mol. The largest absolute Gasteiger partial charge is 0.302 e. The monoisotopic (exact) mass is 395 g/mol. The van der Waals surface area contributed by atoms with Gasteiger partial charge in [-0.05, 0) is 42.4 Å². The minimum Gasteiger partial charge on any atom is -0.302 e. The standard InChI is InChI=1S/C17H15Cl2N3O2S/c18-12-7-8-13(14(19)10-12)16(24)21-22-17(25)20-15(23)9-6-11-4-2-1-3-5-11/h1-5,7-8,10H,6,9H2,(H,21,24)(H2,20,22,23,25). The van der Waals surface area contributed by atoms with Crippen LogP contribution in [0.15, 0.2) is 48.5 Å². The zero-order valence-electron chi connectivity index (χ0n) is 13.0. The number of thiocarbonyl (C=S) groups is 1.